The van der Waals surface area contributed by atoms with E-state index in [4.69, 9.17) is 17.3 Å². The largest absolute Gasteiger partial charge is 0.344 e. The van der Waals surface area contributed by atoms with Crippen molar-refractivity contribution < 1.29 is 0 Å². The summed E-state index contributed by atoms with van der Waals surface area (Å²) < 4.78 is 0. The number of aromatic amines is 1. The Hall–Kier alpha value is -0.580. The lowest BCUT2D eigenvalue weighted by molar-refractivity contribution is 0.681. The predicted octanol–water partition coefficient (Wildman–Crippen LogP) is 1.45. The highest BCUT2D eigenvalue weighted by atomic mass is 35.5. The first-order valence-electron chi connectivity index (χ1n) is 5.42. The standard InChI is InChI=1S/C10H19ClN4/c1-2-3-4-9-14-8(10(11)15-9)7-13-6-5-12/h13H,2-7,12H2,1H3,(H,14,15). The lowest BCUT2D eigenvalue weighted by Crippen LogP contribution is -2.22. The van der Waals surface area contributed by atoms with Gasteiger partial charge in [-0.05, 0) is 6.42 Å². The summed E-state index contributed by atoms with van der Waals surface area (Å²) in [5.74, 6) is 0.978. The van der Waals surface area contributed by atoms with E-state index in [9.17, 15) is 0 Å². The molecule has 1 aromatic heterocycles. The minimum absolute atomic E-state index is 0.575. The van der Waals surface area contributed by atoms with Gasteiger partial charge >= 0.3 is 0 Å². The number of nitrogens with one attached hydrogen (secondary N) is 2. The van der Waals surface area contributed by atoms with Gasteiger partial charge in [0, 0.05) is 26.1 Å². The highest BCUT2D eigenvalue weighted by Gasteiger charge is 2.06. The van der Waals surface area contributed by atoms with Gasteiger partial charge in [0.05, 0.1) is 5.69 Å². The van der Waals surface area contributed by atoms with Crippen LogP contribution >= 0.6 is 11.6 Å². The van der Waals surface area contributed by atoms with E-state index in [2.05, 4.69) is 22.2 Å². The van der Waals surface area contributed by atoms with Crippen LogP contribution < -0.4 is 11.1 Å². The molecule has 0 unspecified atom stereocenters. The Morgan fingerprint density at radius 2 is 2.33 bits per heavy atom. The molecule has 0 saturated carbocycles. The normalized spacial score (nSPS) is 10.9. The molecule has 15 heavy (non-hydrogen) atoms. The minimum Gasteiger partial charge on any atom is -0.344 e. The fourth-order valence-corrected chi connectivity index (χ4v) is 1.55. The summed E-state index contributed by atoms with van der Waals surface area (Å²) in [5.41, 5.74) is 6.34. The fourth-order valence-electron chi connectivity index (χ4n) is 1.33. The summed E-state index contributed by atoms with van der Waals surface area (Å²) in [5, 5.41) is 3.76. The van der Waals surface area contributed by atoms with E-state index in [1.165, 1.54) is 6.42 Å². The van der Waals surface area contributed by atoms with Crippen LogP contribution in [0.15, 0.2) is 0 Å². The summed E-state index contributed by atoms with van der Waals surface area (Å²) in [4.78, 5) is 7.49. The van der Waals surface area contributed by atoms with Crippen molar-refractivity contribution >= 4 is 11.6 Å². The Labute approximate surface area is 95.6 Å². The molecule has 1 rings (SSSR count). The number of aromatic nitrogens is 2. The molecule has 0 bridgehead atoms. The van der Waals surface area contributed by atoms with Crippen LogP contribution in [0.2, 0.25) is 5.15 Å². The number of rotatable bonds is 7. The van der Waals surface area contributed by atoms with Crippen LogP contribution in [-0.4, -0.2) is 23.1 Å². The first-order chi connectivity index (χ1) is 7.27. The molecule has 5 heteroatoms. The van der Waals surface area contributed by atoms with Gasteiger partial charge < -0.3 is 16.0 Å². The molecule has 0 aliphatic carbocycles. The van der Waals surface area contributed by atoms with Gasteiger partial charge in [-0.25, -0.2) is 4.98 Å². The second-order valence-corrected chi connectivity index (χ2v) is 3.88. The molecule has 0 saturated heterocycles. The van der Waals surface area contributed by atoms with E-state index in [1.807, 2.05) is 0 Å². The fraction of sp³-hybridized carbons (Fsp3) is 0.700. The molecule has 1 heterocycles. The van der Waals surface area contributed by atoms with E-state index >= 15 is 0 Å². The predicted molar refractivity (Wildman–Crippen MR) is 63.0 cm³/mol. The van der Waals surface area contributed by atoms with Crippen molar-refractivity contribution in [3.8, 4) is 0 Å². The molecule has 0 aliphatic rings. The number of nitrogens with zero attached hydrogens (tertiary/aromatic N) is 1. The van der Waals surface area contributed by atoms with Gasteiger partial charge in [-0.15, -0.1) is 0 Å². The molecule has 0 fully saturated rings. The number of aryl methyl sites for hydroxylation is 1. The molecule has 0 amide bonds. The van der Waals surface area contributed by atoms with Crippen molar-refractivity contribution in [1.29, 1.82) is 0 Å². The van der Waals surface area contributed by atoms with Gasteiger partial charge in [-0.3, -0.25) is 0 Å². The van der Waals surface area contributed by atoms with Gasteiger partial charge in [0.2, 0.25) is 0 Å². The van der Waals surface area contributed by atoms with Crippen molar-refractivity contribution in [2.45, 2.75) is 32.7 Å². The van der Waals surface area contributed by atoms with E-state index in [0.717, 1.165) is 30.9 Å². The number of hydrogen-bond acceptors (Lipinski definition) is 3. The van der Waals surface area contributed by atoms with Crippen molar-refractivity contribution in [3.05, 3.63) is 16.7 Å². The van der Waals surface area contributed by atoms with Crippen molar-refractivity contribution in [2.75, 3.05) is 13.1 Å². The van der Waals surface area contributed by atoms with E-state index in [0.29, 0.717) is 18.2 Å². The Bertz CT molecular complexity index is 285. The third-order valence-corrected chi connectivity index (χ3v) is 2.48. The monoisotopic (exact) mass is 230 g/mol. The van der Waals surface area contributed by atoms with Gasteiger partial charge in [-0.2, -0.15) is 0 Å². The van der Waals surface area contributed by atoms with Gasteiger partial charge in [0.1, 0.15) is 5.82 Å². The summed E-state index contributed by atoms with van der Waals surface area (Å²) in [6.45, 7) is 4.29. The van der Waals surface area contributed by atoms with Crippen molar-refractivity contribution in [2.24, 2.45) is 5.73 Å². The Kier molecular flexibility index (Phi) is 5.68. The Morgan fingerprint density at radius 3 is 3.00 bits per heavy atom. The van der Waals surface area contributed by atoms with Crippen molar-refractivity contribution in [1.82, 2.24) is 15.3 Å². The van der Waals surface area contributed by atoms with Crippen LogP contribution in [0.4, 0.5) is 0 Å². The molecule has 0 atom stereocenters. The van der Waals surface area contributed by atoms with Gasteiger partial charge in [0.25, 0.3) is 0 Å². The van der Waals surface area contributed by atoms with Crippen LogP contribution in [0.3, 0.4) is 0 Å². The Balaban J connectivity index is 2.45. The number of H-pyrrole nitrogens is 1. The zero-order valence-electron chi connectivity index (χ0n) is 9.15. The van der Waals surface area contributed by atoms with Gasteiger partial charge in [-0.1, -0.05) is 24.9 Å². The van der Waals surface area contributed by atoms with E-state index in [-0.39, 0.29) is 0 Å². The molecule has 0 radical (unpaired) electrons. The second-order valence-electron chi connectivity index (χ2n) is 3.52. The third kappa shape index (κ3) is 4.20. The molecule has 4 N–H and O–H groups in total. The van der Waals surface area contributed by atoms with Crippen LogP contribution in [0.1, 0.15) is 31.3 Å². The zero-order chi connectivity index (χ0) is 11.1. The zero-order valence-corrected chi connectivity index (χ0v) is 9.90. The van der Waals surface area contributed by atoms with Gasteiger partial charge in [0.15, 0.2) is 5.15 Å². The first-order valence-corrected chi connectivity index (χ1v) is 5.79. The number of hydrogen-bond donors (Lipinski definition) is 3. The highest BCUT2D eigenvalue weighted by Crippen LogP contribution is 2.13. The lowest BCUT2D eigenvalue weighted by atomic mass is 10.2. The van der Waals surface area contributed by atoms with Crippen LogP contribution in [0, 0.1) is 0 Å². The summed E-state index contributed by atoms with van der Waals surface area (Å²) in [7, 11) is 0. The third-order valence-electron chi connectivity index (χ3n) is 2.17. The first kappa shape index (κ1) is 12.5. The molecule has 4 nitrogen and oxygen atoms in total. The number of nitrogens with two attached hydrogens (primary N) is 1. The SMILES string of the molecule is CCCCc1nc(Cl)c(CNCCN)[nH]1. The topological polar surface area (TPSA) is 66.7 Å². The molecular formula is C10H19ClN4. The van der Waals surface area contributed by atoms with Crippen LogP contribution in [0.5, 0.6) is 0 Å². The maximum absolute atomic E-state index is 5.99. The molecule has 0 spiro atoms. The smallest absolute Gasteiger partial charge is 0.151 e. The molecule has 1 aromatic rings. The van der Waals surface area contributed by atoms with E-state index < -0.39 is 0 Å². The van der Waals surface area contributed by atoms with Crippen LogP contribution in [-0.2, 0) is 13.0 Å². The average molecular weight is 231 g/mol. The maximum Gasteiger partial charge on any atom is 0.151 e. The summed E-state index contributed by atoms with van der Waals surface area (Å²) in [6, 6.07) is 0. The molecule has 86 valence electrons. The molecule has 0 aromatic carbocycles. The van der Waals surface area contributed by atoms with E-state index in [1.54, 1.807) is 0 Å². The maximum atomic E-state index is 5.99. The summed E-state index contributed by atoms with van der Waals surface area (Å²) in [6.07, 6.45) is 3.27. The highest BCUT2D eigenvalue weighted by molar-refractivity contribution is 6.30. The van der Waals surface area contributed by atoms with Crippen molar-refractivity contribution in [3.63, 3.8) is 0 Å². The van der Waals surface area contributed by atoms with Crippen LogP contribution in [0.25, 0.3) is 0 Å². The molecular weight excluding hydrogens is 212 g/mol. The second kappa shape index (κ2) is 6.82. The summed E-state index contributed by atoms with van der Waals surface area (Å²) >= 11 is 5.99. The minimum atomic E-state index is 0.575. The quantitative estimate of drug-likeness (QED) is 0.622. The lowest BCUT2D eigenvalue weighted by Gasteiger charge is -2.00. The number of unbranched alkanes of at least 4 members (excludes halogenated alkanes) is 1. The molecule has 0 aliphatic heterocycles. The number of halogens is 1. The Morgan fingerprint density at radius 1 is 1.53 bits per heavy atom. The number of imidazole rings is 1. The average Bonchev–Trinajstić information content (AvgIpc) is 2.57.